The Morgan fingerprint density at radius 3 is 2.47 bits per heavy atom. The molecule has 2 aliphatic rings. The van der Waals surface area contributed by atoms with Gasteiger partial charge >= 0.3 is 5.97 Å². The van der Waals surface area contributed by atoms with E-state index in [1.165, 1.54) is 14.0 Å². The quantitative estimate of drug-likeness (QED) is 0.661. The molecule has 0 radical (unpaired) electrons. The van der Waals surface area contributed by atoms with Crippen LogP contribution in [0.25, 0.3) is 0 Å². The van der Waals surface area contributed by atoms with Crippen molar-refractivity contribution in [2.45, 2.75) is 64.1 Å². The molecule has 2 bridgehead atoms. The fraction of sp³-hybridized carbons (Fsp3) is 0.591. The molecule has 2 fully saturated rings. The number of benzene rings is 1. The van der Waals surface area contributed by atoms with Gasteiger partial charge in [-0.2, -0.15) is 0 Å². The largest absolute Gasteiger partial charge is 0.496 e. The molecule has 1 aromatic carbocycles. The highest BCUT2D eigenvalue weighted by atomic mass is 16.5. The summed E-state index contributed by atoms with van der Waals surface area (Å²) in [5, 5.41) is 5.84. The zero-order valence-electron chi connectivity index (χ0n) is 17.9. The third-order valence-electron chi connectivity index (χ3n) is 5.84. The Kier molecular flexibility index (Phi) is 7.31. The van der Waals surface area contributed by atoms with Crippen LogP contribution >= 0.6 is 0 Å². The molecule has 0 spiro atoms. The SMILES string of the molecule is CCOC(=O)CN1C2CCCC1CC(NC(=O)c1ccc(NC(C)=O)cc1OC)C2. The minimum Gasteiger partial charge on any atom is -0.496 e. The Balaban J connectivity index is 1.65. The van der Waals surface area contributed by atoms with Gasteiger partial charge in [0.15, 0.2) is 0 Å². The summed E-state index contributed by atoms with van der Waals surface area (Å²) in [6, 6.07) is 5.59. The molecule has 2 aliphatic heterocycles. The van der Waals surface area contributed by atoms with Crippen molar-refractivity contribution in [2.24, 2.45) is 0 Å². The number of fused-ring (bicyclic) bond motifs is 2. The fourth-order valence-electron chi connectivity index (χ4n) is 4.63. The Morgan fingerprint density at radius 1 is 1.17 bits per heavy atom. The molecule has 2 saturated heterocycles. The third kappa shape index (κ3) is 5.30. The number of amides is 2. The van der Waals surface area contributed by atoms with E-state index in [0.717, 1.165) is 32.1 Å². The number of carbonyl (C=O) groups is 3. The topological polar surface area (TPSA) is 97.0 Å². The third-order valence-corrected chi connectivity index (χ3v) is 5.84. The monoisotopic (exact) mass is 417 g/mol. The maximum Gasteiger partial charge on any atom is 0.320 e. The van der Waals surface area contributed by atoms with Crippen LogP contribution in [-0.2, 0) is 14.3 Å². The molecule has 2 atom stereocenters. The Bertz CT molecular complexity index is 783. The van der Waals surface area contributed by atoms with Gasteiger partial charge in [-0.1, -0.05) is 6.42 Å². The number of rotatable bonds is 7. The van der Waals surface area contributed by atoms with Crippen molar-refractivity contribution in [2.75, 3.05) is 25.6 Å². The van der Waals surface area contributed by atoms with Gasteiger partial charge in [-0.15, -0.1) is 0 Å². The molecule has 0 saturated carbocycles. The molecule has 8 nitrogen and oxygen atoms in total. The average Bonchev–Trinajstić information content (AvgIpc) is 2.68. The second-order valence-corrected chi connectivity index (χ2v) is 7.95. The lowest BCUT2D eigenvalue weighted by atomic mass is 9.81. The van der Waals surface area contributed by atoms with E-state index in [1.54, 1.807) is 18.2 Å². The molecule has 30 heavy (non-hydrogen) atoms. The van der Waals surface area contributed by atoms with Crippen LogP contribution in [-0.4, -0.2) is 61.1 Å². The first-order chi connectivity index (χ1) is 14.4. The highest BCUT2D eigenvalue weighted by Gasteiger charge is 2.39. The number of piperidine rings is 2. The van der Waals surface area contributed by atoms with Crippen molar-refractivity contribution in [1.29, 1.82) is 0 Å². The van der Waals surface area contributed by atoms with Crippen LogP contribution in [0.2, 0.25) is 0 Å². The van der Waals surface area contributed by atoms with Crippen LogP contribution in [0.5, 0.6) is 5.75 Å². The van der Waals surface area contributed by atoms with E-state index >= 15 is 0 Å². The summed E-state index contributed by atoms with van der Waals surface area (Å²) in [4.78, 5) is 38.4. The van der Waals surface area contributed by atoms with Crippen molar-refractivity contribution in [3.63, 3.8) is 0 Å². The lowest BCUT2D eigenvalue weighted by molar-refractivity contribution is -0.147. The Morgan fingerprint density at radius 2 is 1.87 bits per heavy atom. The second kappa shape index (κ2) is 9.93. The highest BCUT2D eigenvalue weighted by molar-refractivity contribution is 5.98. The molecular formula is C22H31N3O5. The van der Waals surface area contributed by atoms with Gasteiger partial charge in [0.25, 0.3) is 5.91 Å². The minimum atomic E-state index is -0.192. The number of methoxy groups -OCH3 is 1. The first-order valence-electron chi connectivity index (χ1n) is 10.6. The maximum atomic E-state index is 12.9. The normalized spacial score (nSPS) is 23.4. The van der Waals surface area contributed by atoms with Crippen molar-refractivity contribution >= 4 is 23.5 Å². The van der Waals surface area contributed by atoms with E-state index in [4.69, 9.17) is 9.47 Å². The Hall–Kier alpha value is -2.61. The van der Waals surface area contributed by atoms with Crippen LogP contribution < -0.4 is 15.4 Å². The molecule has 164 valence electrons. The predicted molar refractivity (Wildman–Crippen MR) is 113 cm³/mol. The standard InChI is InChI=1S/C22H31N3O5/c1-4-30-21(27)13-25-17-6-5-7-18(25)11-16(10-17)24-22(28)19-9-8-15(23-14(2)26)12-20(19)29-3/h8-9,12,16-18H,4-7,10-11,13H2,1-3H3,(H,23,26)(H,24,28). The Labute approximate surface area is 177 Å². The molecule has 2 amide bonds. The van der Waals surface area contributed by atoms with Crippen molar-refractivity contribution in [1.82, 2.24) is 10.2 Å². The van der Waals surface area contributed by atoms with Crippen LogP contribution in [0.1, 0.15) is 56.3 Å². The predicted octanol–water partition coefficient (Wildman–Crippen LogP) is 2.33. The van der Waals surface area contributed by atoms with Gasteiger partial charge in [-0.05, 0) is 44.7 Å². The molecule has 2 heterocycles. The van der Waals surface area contributed by atoms with Gasteiger partial charge in [-0.3, -0.25) is 19.3 Å². The number of nitrogens with one attached hydrogen (secondary N) is 2. The maximum absolute atomic E-state index is 12.9. The molecule has 2 N–H and O–H groups in total. The first kappa shape index (κ1) is 22.1. The van der Waals surface area contributed by atoms with E-state index in [-0.39, 0.29) is 35.9 Å². The highest BCUT2D eigenvalue weighted by Crippen LogP contribution is 2.34. The lowest BCUT2D eigenvalue weighted by Gasteiger charge is -2.48. The smallest absolute Gasteiger partial charge is 0.320 e. The number of hydrogen-bond donors (Lipinski definition) is 2. The van der Waals surface area contributed by atoms with Crippen LogP contribution in [0, 0.1) is 0 Å². The van der Waals surface area contributed by atoms with Gasteiger partial charge < -0.3 is 20.1 Å². The van der Waals surface area contributed by atoms with E-state index in [2.05, 4.69) is 15.5 Å². The van der Waals surface area contributed by atoms with Crippen molar-refractivity contribution < 1.29 is 23.9 Å². The molecule has 0 aliphatic carbocycles. The van der Waals surface area contributed by atoms with Gasteiger partial charge in [0.05, 0.1) is 25.8 Å². The summed E-state index contributed by atoms with van der Waals surface area (Å²) in [6.07, 6.45) is 4.82. The van der Waals surface area contributed by atoms with Gasteiger partial charge in [0.2, 0.25) is 5.91 Å². The number of esters is 1. The average molecular weight is 418 g/mol. The van der Waals surface area contributed by atoms with Crippen molar-refractivity contribution in [3.05, 3.63) is 23.8 Å². The number of nitrogens with zero attached hydrogens (tertiary/aromatic N) is 1. The first-order valence-corrected chi connectivity index (χ1v) is 10.6. The molecular weight excluding hydrogens is 386 g/mol. The van der Waals surface area contributed by atoms with Crippen LogP contribution in [0.4, 0.5) is 5.69 Å². The van der Waals surface area contributed by atoms with E-state index in [9.17, 15) is 14.4 Å². The number of ether oxygens (including phenoxy) is 2. The lowest BCUT2D eigenvalue weighted by Crippen LogP contribution is -2.58. The molecule has 8 heteroatoms. The van der Waals surface area contributed by atoms with Gasteiger partial charge in [0, 0.05) is 36.8 Å². The molecule has 2 unspecified atom stereocenters. The number of anilines is 1. The summed E-state index contributed by atoms with van der Waals surface area (Å²) < 4.78 is 10.5. The number of carbonyl (C=O) groups excluding carboxylic acids is 3. The minimum absolute atomic E-state index is 0.0472. The summed E-state index contributed by atoms with van der Waals surface area (Å²) in [7, 11) is 1.50. The molecule has 0 aromatic heterocycles. The summed E-state index contributed by atoms with van der Waals surface area (Å²) >= 11 is 0. The van der Waals surface area contributed by atoms with Gasteiger partial charge in [-0.25, -0.2) is 0 Å². The summed E-state index contributed by atoms with van der Waals surface area (Å²) in [5.41, 5.74) is 1.02. The van der Waals surface area contributed by atoms with E-state index < -0.39 is 0 Å². The van der Waals surface area contributed by atoms with E-state index in [1.807, 2.05) is 6.92 Å². The summed E-state index contributed by atoms with van der Waals surface area (Å²) in [6.45, 7) is 3.96. The van der Waals surface area contributed by atoms with Crippen LogP contribution in [0.15, 0.2) is 18.2 Å². The van der Waals surface area contributed by atoms with Gasteiger partial charge in [0.1, 0.15) is 5.75 Å². The molecule has 3 rings (SSSR count). The van der Waals surface area contributed by atoms with Crippen LogP contribution in [0.3, 0.4) is 0 Å². The summed E-state index contributed by atoms with van der Waals surface area (Å²) in [5.74, 6) is -0.141. The number of hydrogen-bond acceptors (Lipinski definition) is 6. The zero-order valence-corrected chi connectivity index (χ0v) is 17.9. The molecule has 1 aromatic rings. The van der Waals surface area contributed by atoms with Crippen molar-refractivity contribution in [3.8, 4) is 5.75 Å². The zero-order chi connectivity index (χ0) is 21.7. The van der Waals surface area contributed by atoms with E-state index in [0.29, 0.717) is 30.2 Å². The fourth-order valence-corrected chi connectivity index (χ4v) is 4.63. The second-order valence-electron chi connectivity index (χ2n) is 7.95.